The average Bonchev–Trinajstić information content (AvgIpc) is 2.88. The van der Waals surface area contributed by atoms with Crippen LogP contribution >= 0.6 is 0 Å². The van der Waals surface area contributed by atoms with Gasteiger partial charge in [0.2, 0.25) is 0 Å². The Morgan fingerprint density at radius 3 is 1.17 bits per heavy atom. The van der Waals surface area contributed by atoms with Crippen molar-refractivity contribution in [3.05, 3.63) is 60.2 Å². The van der Waals surface area contributed by atoms with Crippen molar-refractivity contribution in [3.63, 3.8) is 0 Å². The summed E-state index contributed by atoms with van der Waals surface area (Å²) in [4.78, 5) is 31.6. The molecule has 2 rings (SSSR count). The number of amides is 4. The van der Waals surface area contributed by atoms with Crippen molar-refractivity contribution in [2.45, 2.75) is 70.6 Å². The summed E-state index contributed by atoms with van der Waals surface area (Å²) in [5, 5.41) is 11.6. The van der Waals surface area contributed by atoms with Gasteiger partial charge in [-0.05, 0) is 61.1 Å². The number of carbonyl (C=O) groups is 2. The fraction of sp³-hybridized carbons (Fsp3) is 0.556. The smallest absolute Gasteiger partial charge is 0.314 e. The second-order valence-electron chi connectivity index (χ2n) is 8.76. The van der Waals surface area contributed by atoms with Gasteiger partial charge in [-0.25, -0.2) is 9.59 Å². The second kappa shape index (κ2) is 19.2. The monoisotopic (exact) mass is 482 g/mol. The van der Waals surface area contributed by atoms with Gasteiger partial charge >= 0.3 is 12.1 Å². The Morgan fingerprint density at radius 1 is 0.486 bits per heavy atom. The number of unbranched alkanes of at least 4 members (excludes halogenated alkanes) is 8. The maximum absolute atomic E-state index is 11.8. The summed E-state index contributed by atoms with van der Waals surface area (Å²) in [5.41, 5.74) is 2.35. The summed E-state index contributed by atoms with van der Waals surface area (Å²) in [5.74, 6) is 0. The Bertz CT molecular complexity index is 736. The zero-order valence-electron chi connectivity index (χ0n) is 20.9. The quantitative estimate of drug-likeness (QED) is 0.237. The van der Waals surface area contributed by atoms with E-state index in [1.54, 1.807) is 24.8 Å². The van der Waals surface area contributed by atoms with Crippen LogP contribution in [0.1, 0.15) is 68.9 Å². The molecule has 2 aromatic heterocycles. The summed E-state index contributed by atoms with van der Waals surface area (Å²) in [7, 11) is 0. The third kappa shape index (κ3) is 15.4. The predicted octanol–water partition coefficient (Wildman–Crippen LogP) is 4.37. The third-order valence-corrected chi connectivity index (χ3v) is 5.82. The van der Waals surface area contributed by atoms with Gasteiger partial charge in [0, 0.05) is 51.0 Å². The molecule has 0 bridgehead atoms. The molecular weight excluding hydrogens is 440 g/mol. The molecule has 4 amide bonds. The Kier molecular flexibility index (Phi) is 15.4. The SMILES string of the molecule is O=C(NCCCCCCCCCCCNC(=O)NCCc1ccncc1)NCCc1ccncc1. The molecule has 2 heterocycles. The van der Waals surface area contributed by atoms with E-state index in [1.165, 1.54) is 43.2 Å². The van der Waals surface area contributed by atoms with Gasteiger partial charge in [-0.3, -0.25) is 9.97 Å². The molecule has 0 atom stereocenters. The highest BCUT2D eigenvalue weighted by atomic mass is 16.2. The average molecular weight is 483 g/mol. The lowest BCUT2D eigenvalue weighted by atomic mass is 10.1. The molecular formula is C27H42N6O2. The van der Waals surface area contributed by atoms with Crippen molar-refractivity contribution in [1.29, 1.82) is 0 Å². The number of aromatic nitrogens is 2. The van der Waals surface area contributed by atoms with Gasteiger partial charge < -0.3 is 21.3 Å². The summed E-state index contributed by atoms with van der Waals surface area (Å²) in [6, 6.07) is 7.68. The molecule has 0 fully saturated rings. The van der Waals surface area contributed by atoms with E-state index in [9.17, 15) is 9.59 Å². The molecule has 4 N–H and O–H groups in total. The van der Waals surface area contributed by atoms with E-state index in [-0.39, 0.29) is 12.1 Å². The molecule has 0 aliphatic rings. The summed E-state index contributed by atoms with van der Waals surface area (Å²) >= 11 is 0. The van der Waals surface area contributed by atoms with Crippen molar-refractivity contribution in [2.75, 3.05) is 26.2 Å². The summed E-state index contributed by atoms with van der Waals surface area (Å²) in [6.07, 6.45) is 19.2. The maximum Gasteiger partial charge on any atom is 0.314 e. The van der Waals surface area contributed by atoms with Gasteiger partial charge in [0.15, 0.2) is 0 Å². The number of pyridine rings is 2. The highest BCUT2D eigenvalue weighted by molar-refractivity contribution is 5.74. The largest absolute Gasteiger partial charge is 0.338 e. The van der Waals surface area contributed by atoms with Crippen LogP contribution < -0.4 is 21.3 Å². The zero-order valence-corrected chi connectivity index (χ0v) is 20.9. The van der Waals surface area contributed by atoms with E-state index >= 15 is 0 Å². The zero-order chi connectivity index (χ0) is 24.8. The number of hydrogen-bond acceptors (Lipinski definition) is 4. The van der Waals surface area contributed by atoms with E-state index in [4.69, 9.17) is 0 Å². The number of rotatable bonds is 18. The first kappa shape index (κ1) is 28.1. The minimum Gasteiger partial charge on any atom is -0.338 e. The number of nitrogens with one attached hydrogen (secondary N) is 4. The standard InChI is InChI=1S/C27H42N6O2/c34-26(32-22-14-24-10-18-28-19-11-24)30-16-8-6-4-2-1-3-5-7-9-17-31-27(35)33-23-15-25-12-20-29-21-13-25/h10-13,18-21H,1-9,14-17,22-23H2,(H2,30,32,34)(H2,31,33,35). The van der Waals surface area contributed by atoms with E-state index in [0.29, 0.717) is 13.1 Å². The molecule has 0 saturated carbocycles. The Hall–Kier alpha value is -3.16. The van der Waals surface area contributed by atoms with E-state index in [0.717, 1.165) is 51.6 Å². The fourth-order valence-corrected chi connectivity index (χ4v) is 3.76. The number of urea groups is 2. The molecule has 0 radical (unpaired) electrons. The first-order valence-electron chi connectivity index (χ1n) is 13.1. The maximum atomic E-state index is 11.8. The Morgan fingerprint density at radius 2 is 0.800 bits per heavy atom. The van der Waals surface area contributed by atoms with Crippen LogP contribution in [-0.2, 0) is 12.8 Å². The van der Waals surface area contributed by atoms with E-state index < -0.39 is 0 Å². The first-order valence-corrected chi connectivity index (χ1v) is 13.1. The lowest BCUT2D eigenvalue weighted by molar-refractivity contribution is 0.240. The highest BCUT2D eigenvalue weighted by Gasteiger charge is 2.01. The molecule has 0 aliphatic carbocycles. The van der Waals surface area contributed by atoms with Crippen LogP contribution in [0.2, 0.25) is 0 Å². The summed E-state index contributed by atoms with van der Waals surface area (Å²) < 4.78 is 0. The van der Waals surface area contributed by atoms with Gasteiger partial charge in [0.1, 0.15) is 0 Å². The van der Waals surface area contributed by atoms with Crippen LogP contribution in [0.4, 0.5) is 9.59 Å². The van der Waals surface area contributed by atoms with Crippen molar-refractivity contribution >= 4 is 12.1 Å². The van der Waals surface area contributed by atoms with Crippen LogP contribution in [0, 0.1) is 0 Å². The molecule has 2 aromatic rings. The molecule has 0 unspecified atom stereocenters. The number of hydrogen-bond donors (Lipinski definition) is 4. The van der Waals surface area contributed by atoms with Crippen LogP contribution in [0.25, 0.3) is 0 Å². The summed E-state index contributed by atoms with van der Waals surface area (Å²) in [6.45, 7) is 2.72. The molecule has 0 aromatic carbocycles. The molecule has 0 aliphatic heterocycles. The van der Waals surface area contributed by atoms with Gasteiger partial charge in [-0.2, -0.15) is 0 Å². The molecule has 35 heavy (non-hydrogen) atoms. The molecule has 0 saturated heterocycles. The Balaban J connectivity index is 1.27. The van der Waals surface area contributed by atoms with Crippen molar-refractivity contribution in [3.8, 4) is 0 Å². The van der Waals surface area contributed by atoms with Crippen LogP contribution in [0.3, 0.4) is 0 Å². The highest BCUT2D eigenvalue weighted by Crippen LogP contribution is 2.09. The van der Waals surface area contributed by atoms with Crippen molar-refractivity contribution in [2.24, 2.45) is 0 Å². The minimum atomic E-state index is -0.0871. The van der Waals surface area contributed by atoms with Gasteiger partial charge in [-0.1, -0.05) is 44.9 Å². The molecule has 192 valence electrons. The third-order valence-electron chi connectivity index (χ3n) is 5.82. The van der Waals surface area contributed by atoms with Crippen LogP contribution in [0.5, 0.6) is 0 Å². The topological polar surface area (TPSA) is 108 Å². The fourth-order valence-electron chi connectivity index (χ4n) is 3.76. The van der Waals surface area contributed by atoms with Gasteiger partial charge in [0.05, 0.1) is 0 Å². The lowest BCUT2D eigenvalue weighted by Gasteiger charge is -2.08. The normalized spacial score (nSPS) is 10.5. The van der Waals surface area contributed by atoms with Crippen molar-refractivity contribution in [1.82, 2.24) is 31.2 Å². The van der Waals surface area contributed by atoms with Crippen molar-refractivity contribution < 1.29 is 9.59 Å². The predicted molar refractivity (Wildman–Crippen MR) is 140 cm³/mol. The number of carbonyl (C=O) groups excluding carboxylic acids is 2. The second-order valence-corrected chi connectivity index (χ2v) is 8.76. The van der Waals surface area contributed by atoms with Crippen LogP contribution in [-0.4, -0.2) is 48.2 Å². The minimum absolute atomic E-state index is 0.0871. The lowest BCUT2D eigenvalue weighted by Crippen LogP contribution is -2.37. The number of nitrogens with zero attached hydrogens (tertiary/aromatic N) is 2. The Labute approximate surface area is 210 Å². The van der Waals surface area contributed by atoms with E-state index in [1.807, 2.05) is 24.3 Å². The van der Waals surface area contributed by atoms with E-state index in [2.05, 4.69) is 31.2 Å². The molecule has 8 heteroatoms. The molecule has 8 nitrogen and oxygen atoms in total. The van der Waals surface area contributed by atoms with Crippen LogP contribution in [0.15, 0.2) is 49.1 Å². The van der Waals surface area contributed by atoms with Gasteiger partial charge in [-0.15, -0.1) is 0 Å². The van der Waals surface area contributed by atoms with Gasteiger partial charge in [0.25, 0.3) is 0 Å². The first-order chi connectivity index (χ1) is 17.2. The molecule has 0 spiro atoms.